The van der Waals surface area contributed by atoms with Crippen LogP contribution in [0.3, 0.4) is 0 Å². The molecule has 1 aromatic rings. The summed E-state index contributed by atoms with van der Waals surface area (Å²) in [6, 6.07) is 6.63. The van der Waals surface area contributed by atoms with E-state index in [1.165, 1.54) is 25.3 Å². The molecule has 1 aliphatic rings. The molecule has 0 spiro atoms. The van der Waals surface area contributed by atoms with Gasteiger partial charge in [-0.15, -0.1) is 0 Å². The summed E-state index contributed by atoms with van der Waals surface area (Å²) >= 11 is 0. The van der Waals surface area contributed by atoms with Gasteiger partial charge in [0.1, 0.15) is 11.2 Å². The molecule has 2 N–H and O–H groups in total. The molecule has 0 saturated heterocycles. The third-order valence-corrected chi connectivity index (χ3v) is 3.95. The van der Waals surface area contributed by atoms with Crippen LogP contribution in [-0.4, -0.2) is 29.3 Å². The molecule has 110 valence electrons. The minimum Gasteiger partial charge on any atom is -0.497 e. The maximum absolute atomic E-state index is 11.9. The maximum Gasteiger partial charge on any atom is 0.331 e. The normalized spacial score (nSPS) is 24.3. The molecule has 0 heterocycles. The Morgan fingerprint density at radius 3 is 2.29 bits per heavy atom. The molecule has 1 aliphatic carbocycles. The number of rotatable bonds is 4. The van der Waals surface area contributed by atoms with Crippen molar-refractivity contribution < 1.29 is 24.5 Å². The number of benzene rings is 1. The van der Waals surface area contributed by atoms with Crippen LogP contribution in [0.4, 0.5) is 0 Å². The van der Waals surface area contributed by atoms with Crippen LogP contribution in [0.15, 0.2) is 48.1 Å². The lowest BCUT2D eigenvalue weighted by molar-refractivity contribution is -0.143. The minimum atomic E-state index is -1.39. The van der Waals surface area contributed by atoms with Gasteiger partial charge in [-0.2, -0.15) is 0 Å². The van der Waals surface area contributed by atoms with Crippen molar-refractivity contribution in [1.82, 2.24) is 0 Å². The molecule has 0 aliphatic heterocycles. The van der Waals surface area contributed by atoms with Gasteiger partial charge >= 0.3 is 11.9 Å². The number of carbonyl (C=O) groups is 2. The first-order chi connectivity index (χ1) is 9.93. The molecule has 0 radical (unpaired) electrons. The highest BCUT2D eigenvalue weighted by Crippen LogP contribution is 2.41. The Morgan fingerprint density at radius 2 is 1.81 bits per heavy atom. The van der Waals surface area contributed by atoms with E-state index >= 15 is 0 Å². The summed E-state index contributed by atoms with van der Waals surface area (Å²) < 4.78 is 5.07. The number of hydrogen-bond acceptors (Lipinski definition) is 3. The Labute approximate surface area is 122 Å². The standard InChI is InChI=1S/C16H16O5/c1-10-13(14(17)18)4-3-9-16(10,15(19)20)11-5-7-12(21-2)8-6-11/h3-10H,1-2H3,(H,17,18)(H,19,20). The van der Waals surface area contributed by atoms with Crippen molar-refractivity contribution in [2.45, 2.75) is 12.3 Å². The molecule has 0 aromatic heterocycles. The first kappa shape index (κ1) is 14.8. The second-order valence-electron chi connectivity index (χ2n) is 4.91. The van der Waals surface area contributed by atoms with E-state index < -0.39 is 23.3 Å². The number of carboxylic acids is 2. The smallest absolute Gasteiger partial charge is 0.331 e. The molecular weight excluding hydrogens is 272 g/mol. The van der Waals surface area contributed by atoms with E-state index in [1.54, 1.807) is 31.2 Å². The summed E-state index contributed by atoms with van der Waals surface area (Å²) in [6.45, 7) is 1.61. The lowest BCUT2D eigenvalue weighted by Gasteiger charge is -2.35. The van der Waals surface area contributed by atoms with Gasteiger partial charge in [0.25, 0.3) is 0 Å². The molecule has 0 amide bonds. The first-order valence-corrected chi connectivity index (χ1v) is 6.44. The highest BCUT2D eigenvalue weighted by Gasteiger charge is 2.47. The van der Waals surface area contributed by atoms with Gasteiger partial charge in [0.2, 0.25) is 0 Å². The van der Waals surface area contributed by atoms with Crippen molar-refractivity contribution in [3.05, 3.63) is 53.6 Å². The van der Waals surface area contributed by atoms with E-state index in [9.17, 15) is 19.8 Å². The zero-order chi connectivity index (χ0) is 15.6. The van der Waals surface area contributed by atoms with Crippen molar-refractivity contribution in [3.8, 4) is 5.75 Å². The summed E-state index contributed by atoms with van der Waals surface area (Å²) in [5, 5.41) is 19.0. The van der Waals surface area contributed by atoms with Crippen molar-refractivity contribution >= 4 is 11.9 Å². The van der Waals surface area contributed by atoms with Crippen molar-refractivity contribution in [2.24, 2.45) is 5.92 Å². The van der Waals surface area contributed by atoms with Crippen molar-refractivity contribution in [3.63, 3.8) is 0 Å². The predicted molar refractivity (Wildman–Crippen MR) is 76.3 cm³/mol. The number of methoxy groups -OCH3 is 1. The third-order valence-electron chi connectivity index (χ3n) is 3.95. The van der Waals surface area contributed by atoms with Gasteiger partial charge in [-0.25, -0.2) is 4.79 Å². The van der Waals surface area contributed by atoms with Crippen LogP contribution in [0.25, 0.3) is 0 Å². The van der Waals surface area contributed by atoms with E-state index in [2.05, 4.69) is 0 Å². The zero-order valence-electron chi connectivity index (χ0n) is 11.7. The molecule has 0 fully saturated rings. The SMILES string of the molecule is COc1ccc(C2(C(=O)O)C=CC=C(C(=O)O)C2C)cc1. The van der Waals surface area contributed by atoms with E-state index in [4.69, 9.17) is 4.74 Å². The summed E-state index contributed by atoms with van der Waals surface area (Å²) in [6.07, 6.45) is 4.47. The number of hydrogen-bond donors (Lipinski definition) is 2. The summed E-state index contributed by atoms with van der Waals surface area (Å²) in [4.78, 5) is 23.2. The van der Waals surface area contributed by atoms with Crippen molar-refractivity contribution in [1.29, 1.82) is 0 Å². The molecule has 1 aromatic carbocycles. The van der Waals surface area contributed by atoms with Crippen LogP contribution in [0, 0.1) is 5.92 Å². The van der Waals surface area contributed by atoms with Crippen LogP contribution >= 0.6 is 0 Å². The minimum absolute atomic E-state index is 0.0794. The summed E-state index contributed by atoms with van der Waals surface area (Å²) in [7, 11) is 1.52. The van der Waals surface area contributed by atoms with Gasteiger partial charge < -0.3 is 14.9 Å². The van der Waals surface area contributed by atoms with Gasteiger partial charge in [0.15, 0.2) is 0 Å². The summed E-state index contributed by atoms with van der Waals surface area (Å²) in [5.74, 6) is -2.26. The maximum atomic E-state index is 11.9. The molecular formula is C16H16O5. The van der Waals surface area contributed by atoms with Crippen molar-refractivity contribution in [2.75, 3.05) is 7.11 Å². The lowest BCUT2D eigenvalue weighted by atomic mass is 9.66. The predicted octanol–water partition coefficient (Wildman–Crippen LogP) is 2.23. The molecule has 21 heavy (non-hydrogen) atoms. The van der Waals surface area contributed by atoms with E-state index in [-0.39, 0.29) is 5.57 Å². The van der Waals surface area contributed by atoms with Gasteiger partial charge in [-0.1, -0.05) is 37.3 Å². The van der Waals surface area contributed by atoms with Gasteiger partial charge in [0, 0.05) is 11.5 Å². The fourth-order valence-electron chi connectivity index (χ4n) is 2.69. The zero-order valence-corrected chi connectivity index (χ0v) is 11.7. The Bertz CT molecular complexity index is 627. The van der Waals surface area contributed by atoms with Gasteiger partial charge in [0.05, 0.1) is 7.11 Å². The highest BCUT2D eigenvalue weighted by atomic mass is 16.5. The Hall–Kier alpha value is -2.56. The first-order valence-electron chi connectivity index (χ1n) is 6.44. The fourth-order valence-corrected chi connectivity index (χ4v) is 2.69. The van der Waals surface area contributed by atoms with Gasteiger partial charge in [-0.3, -0.25) is 4.79 Å². The average Bonchev–Trinajstić information content (AvgIpc) is 2.47. The quantitative estimate of drug-likeness (QED) is 0.887. The van der Waals surface area contributed by atoms with E-state index in [0.29, 0.717) is 11.3 Å². The fraction of sp³-hybridized carbons (Fsp3) is 0.250. The van der Waals surface area contributed by atoms with Gasteiger partial charge in [-0.05, 0) is 17.7 Å². The Kier molecular flexibility index (Phi) is 3.84. The highest BCUT2D eigenvalue weighted by molar-refractivity contribution is 5.93. The summed E-state index contributed by atoms with van der Waals surface area (Å²) in [5.41, 5.74) is -0.795. The number of carboxylic acid groups (broad SMARTS) is 2. The molecule has 5 heteroatoms. The van der Waals surface area contributed by atoms with Crippen LogP contribution in [-0.2, 0) is 15.0 Å². The Morgan fingerprint density at radius 1 is 1.19 bits per heavy atom. The number of aliphatic carboxylic acids is 2. The monoisotopic (exact) mass is 288 g/mol. The number of allylic oxidation sites excluding steroid dienone is 2. The molecule has 0 bridgehead atoms. The average molecular weight is 288 g/mol. The van der Waals surface area contributed by atoms with Crippen LogP contribution in [0.1, 0.15) is 12.5 Å². The second kappa shape index (κ2) is 5.44. The lowest BCUT2D eigenvalue weighted by Crippen LogP contribution is -2.43. The van der Waals surface area contributed by atoms with Crippen LogP contribution in [0.5, 0.6) is 5.75 Å². The Balaban J connectivity index is 2.56. The van der Waals surface area contributed by atoms with Crippen LogP contribution < -0.4 is 4.74 Å². The molecule has 2 atom stereocenters. The van der Waals surface area contributed by atoms with E-state index in [1.807, 2.05) is 0 Å². The van der Waals surface area contributed by atoms with E-state index in [0.717, 1.165) is 0 Å². The second-order valence-corrected chi connectivity index (χ2v) is 4.91. The topological polar surface area (TPSA) is 83.8 Å². The number of ether oxygens (including phenoxy) is 1. The molecule has 5 nitrogen and oxygen atoms in total. The molecule has 2 unspecified atom stereocenters. The molecule has 0 saturated carbocycles. The molecule has 2 rings (SSSR count). The largest absolute Gasteiger partial charge is 0.497 e. The van der Waals surface area contributed by atoms with Crippen LogP contribution in [0.2, 0.25) is 0 Å². The third kappa shape index (κ3) is 2.31.